The molecule has 0 aliphatic rings. The largest absolute Gasteiger partial charge is 0.445 e. The van der Waals surface area contributed by atoms with E-state index >= 15 is 0 Å². The molecule has 4 rings (SSSR count). The van der Waals surface area contributed by atoms with Crippen molar-refractivity contribution < 1.29 is 14.3 Å². The number of likely N-dealkylation sites (N-methyl/N-ethyl adjacent to an activating group) is 1. The van der Waals surface area contributed by atoms with Crippen molar-refractivity contribution in [1.82, 2.24) is 15.2 Å². The summed E-state index contributed by atoms with van der Waals surface area (Å²) in [5, 5.41) is 3.82. The lowest BCUT2D eigenvalue weighted by molar-refractivity contribution is -0.132. The summed E-state index contributed by atoms with van der Waals surface area (Å²) in [5.74, 6) is -0.180. The van der Waals surface area contributed by atoms with Gasteiger partial charge in [-0.05, 0) is 22.8 Å². The minimum atomic E-state index is -0.763. The molecule has 2 amide bonds. The zero-order chi connectivity index (χ0) is 23.0. The molecular weight excluding hydrogens is 414 g/mol. The number of para-hydroxylation sites is 1. The third-order valence-corrected chi connectivity index (χ3v) is 5.54. The van der Waals surface area contributed by atoms with E-state index in [9.17, 15) is 9.59 Å². The van der Waals surface area contributed by atoms with Crippen LogP contribution in [0.5, 0.6) is 0 Å². The number of rotatable bonds is 8. The molecule has 6 heteroatoms. The average Bonchev–Trinajstić information content (AvgIpc) is 3.26. The summed E-state index contributed by atoms with van der Waals surface area (Å²) in [5.41, 5.74) is 3.85. The molecule has 0 bridgehead atoms. The average molecular weight is 442 g/mol. The first-order valence-electron chi connectivity index (χ1n) is 10.9. The van der Waals surface area contributed by atoms with Gasteiger partial charge in [0.05, 0.1) is 0 Å². The van der Waals surface area contributed by atoms with Gasteiger partial charge in [0.15, 0.2) is 0 Å². The van der Waals surface area contributed by atoms with Gasteiger partial charge >= 0.3 is 6.09 Å². The summed E-state index contributed by atoms with van der Waals surface area (Å²) < 4.78 is 5.38. The van der Waals surface area contributed by atoms with E-state index in [0.717, 1.165) is 27.6 Å². The van der Waals surface area contributed by atoms with Crippen LogP contribution in [0.2, 0.25) is 0 Å². The third-order valence-electron chi connectivity index (χ3n) is 5.54. The highest BCUT2D eigenvalue weighted by atomic mass is 16.5. The number of hydrogen-bond donors (Lipinski definition) is 2. The molecular formula is C27H27N3O3. The number of amides is 2. The van der Waals surface area contributed by atoms with Crippen LogP contribution in [0, 0.1) is 0 Å². The minimum absolute atomic E-state index is 0.139. The highest BCUT2D eigenvalue weighted by molar-refractivity contribution is 5.88. The van der Waals surface area contributed by atoms with Gasteiger partial charge in [-0.2, -0.15) is 0 Å². The van der Waals surface area contributed by atoms with Crippen LogP contribution < -0.4 is 5.32 Å². The molecule has 0 fully saturated rings. The number of carbonyl (C=O) groups is 2. The Balaban J connectivity index is 1.49. The molecule has 33 heavy (non-hydrogen) atoms. The topological polar surface area (TPSA) is 74.4 Å². The van der Waals surface area contributed by atoms with Crippen molar-refractivity contribution in [3.05, 3.63) is 108 Å². The van der Waals surface area contributed by atoms with E-state index in [1.807, 2.05) is 91.1 Å². The Bertz CT molecular complexity index is 1210. The Morgan fingerprint density at radius 1 is 0.909 bits per heavy atom. The van der Waals surface area contributed by atoms with Gasteiger partial charge in [0.2, 0.25) is 5.91 Å². The van der Waals surface area contributed by atoms with Crippen molar-refractivity contribution in [3.63, 3.8) is 0 Å². The predicted molar refractivity (Wildman–Crippen MR) is 128 cm³/mol. The molecule has 1 heterocycles. The molecule has 1 atom stereocenters. The first-order chi connectivity index (χ1) is 16.1. The molecule has 1 aromatic heterocycles. The van der Waals surface area contributed by atoms with Gasteiger partial charge in [-0.1, -0.05) is 78.9 Å². The minimum Gasteiger partial charge on any atom is -0.445 e. The smallest absolute Gasteiger partial charge is 0.408 e. The van der Waals surface area contributed by atoms with E-state index in [1.165, 1.54) is 0 Å². The van der Waals surface area contributed by atoms with Gasteiger partial charge in [0.25, 0.3) is 0 Å². The second kappa shape index (κ2) is 10.5. The summed E-state index contributed by atoms with van der Waals surface area (Å²) in [6.45, 7) is 0.589. The Labute approximate surface area is 193 Å². The summed E-state index contributed by atoms with van der Waals surface area (Å²) in [6.07, 6.45) is 1.62. The maximum Gasteiger partial charge on any atom is 0.408 e. The van der Waals surface area contributed by atoms with Crippen LogP contribution in [0.1, 0.15) is 16.7 Å². The SMILES string of the molecule is CN(Cc1ccccc1)C(=O)C(Cc1c[nH]c2ccccc12)NC(=O)OCc1ccccc1. The monoisotopic (exact) mass is 441 g/mol. The van der Waals surface area contributed by atoms with Gasteiger partial charge in [-0.3, -0.25) is 4.79 Å². The number of carbonyl (C=O) groups excluding carboxylic acids is 2. The Kier molecular flexibility index (Phi) is 7.05. The number of H-pyrrole nitrogens is 1. The standard InChI is InChI=1S/C27H27N3O3/c1-30(18-20-10-4-2-5-11-20)26(31)25(16-22-17-28-24-15-9-8-14-23(22)24)29-27(32)33-19-21-12-6-3-7-13-21/h2-15,17,25,28H,16,18-19H2,1H3,(H,29,32). The van der Waals surface area contributed by atoms with Crippen LogP contribution in [0.15, 0.2) is 91.1 Å². The number of nitrogens with zero attached hydrogens (tertiary/aromatic N) is 1. The highest BCUT2D eigenvalue weighted by Crippen LogP contribution is 2.20. The third kappa shape index (κ3) is 5.80. The van der Waals surface area contributed by atoms with E-state index in [0.29, 0.717) is 13.0 Å². The molecule has 0 aliphatic heterocycles. The molecule has 0 saturated carbocycles. The number of hydrogen-bond acceptors (Lipinski definition) is 3. The number of aromatic nitrogens is 1. The lowest BCUT2D eigenvalue weighted by Gasteiger charge is -2.24. The predicted octanol–water partition coefficient (Wildman–Crippen LogP) is 4.66. The molecule has 0 radical (unpaired) electrons. The number of benzene rings is 3. The van der Waals surface area contributed by atoms with Crippen LogP contribution in [0.3, 0.4) is 0 Å². The van der Waals surface area contributed by atoms with Gasteiger partial charge in [0.1, 0.15) is 12.6 Å². The van der Waals surface area contributed by atoms with Gasteiger partial charge in [-0.15, -0.1) is 0 Å². The van der Waals surface area contributed by atoms with E-state index in [-0.39, 0.29) is 12.5 Å². The first-order valence-corrected chi connectivity index (χ1v) is 10.9. The van der Waals surface area contributed by atoms with E-state index < -0.39 is 12.1 Å². The fraction of sp³-hybridized carbons (Fsp3) is 0.185. The number of nitrogens with one attached hydrogen (secondary N) is 2. The summed E-state index contributed by atoms with van der Waals surface area (Å²) >= 11 is 0. The summed E-state index contributed by atoms with van der Waals surface area (Å²) in [4.78, 5) is 30.8. The zero-order valence-electron chi connectivity index (χ0n) is 18.5. The number of fused-ring (bicyclic) bond motifs is 1. The normalized spacial score (nSPS) is 11.7. The lowest BCUT2D eigenvalue weighted by atomic mass is 10.0. The molecule has 1 unspecified atom stereocenters. The molecule has 2 N–H and O–H groups in total. The molecule has 4 aromatic rings. The van der Waals surface area contributed by atoms with Crippen LogP contribution in [-0.4, -0.2) is 35.0 Å². The summed E-state index contributed by atoms with van der Waals surface area (Å²) in [7, 11) is 1.74. The molecule has 0 spiro atoms. The molecule has 168 valence electrons. The highest BCUT2D eigenvalue weighted by Gasteiger charge is 2.26. The quantitative estimate of drug-likeness (QED) is 0.418. The molecule has 0 saturated heterocycles. The van der Waals surface area contributed by atoms with Crippen molar-refractivity contribution in [2.75, 3.05) is 7.05 Å². The molecule has 3 aromatic carbocycles. The Hall–Kier alpha value is -4.06. The van der Waals surface area contributed by atoms with Crippen LogP contribution >= 0.6 is 0 Å². The fourth-order valence-electron chi connectivity index (χ4n) is 3.83. The van der Waals surface area contributed by atoms with Crippen molar-refractivity contribution in [1.29, 1.82) is 0 Å². The fourth-order valence-corrected chi connectivity index (χ4v) is 3.83. The van der Waals surface area contributed by atoms with Crippen LogP contribution in [-0.2, 0) is 29.1 Å². The van der Waals surface area contributed by atoms with E-state index in [1.54, 1.807) is 11.9 Å². The molecule has 0 aliphatic carbocycles. The van der Waals surface area contributed by atoms with Crippen LogP contribution in [0.25, 0.3) is 10.9 Å². The van der Waals surface area contributed by atoms with E-state index in [4.69, 9.17) is 4.74 Å². The Morgan fingerprint density at radius 2 is 1.55 bits per heavy atom. The zero-order valence-corrected chi connectivity index (χ0v) is 18.5. The number of alkyl carbamates (subject to hydrolysis) is 1. The first kappa shape index (κ1) is 22.1. The van der Waals surface area contributed by atoms with Crippen molar-refractivity contribution in [2.24, 2.45) is 0 Å². The van der Waals surface area contributed by atoms with Crippen molar-refractivity contribution in [2.45, 2.75) is 25.6 Å². The van der Waals surface area contributed by atoms with Crippen molar-refractivity contribution in [3.8, 4) is 0 Å². The number of aromatic amines is 1. The molecule has 6 nitrogen and oxygen atoms in total. The summed E-state index contributed by atoms with van der Waals surface area (Å²) in [6, 6.07) is 26.4. The lowest BCUT2D eigenvalue weighted by Crippen LogP contribution is -2.48. The maximum absolute atomic E-state index is 13.4. The number of ether oxygens (including phenoxy) is 1. The van der Waals surface area contributed by atoms with Gasteiger partial charge in [0, 0.05) is 37.1 Å². The second-order valence-corrected chi connectivity index (χ2v) is 8.00. The van der Waals surface area contributed by atoms with Crippen LogP contribution in [0.4, 0.5) is 4.79 Å². The van der Waals surface area contributed by atoms with Gasteiger partial charge < -0.3 is 19.9 Å². The Morgan fingerprint density at radius 3 is 2.27 bits per heavy atom. The van der Waals surface area contributed by atoms with E-state index in [2.05, 4.69) is 10.3 Å². The second-order valence-electron chi connectivity index (χ2n) is 8.00. The van der Waals surface area contributed by atoms with Gasteiger partial charge in [-0.25, -0.2) is 4.79 Å². The van der Waals surface area contributed by atoms with Crippen molar-refractivity contribution >= 4 is 22.9 Å². The maximum atomic E-state index is 13.4.